The zero-order valence-corrected chi connectivity index (χ0v) is 46.9. The third-order valence-electron chi connectivity index (χ3n) is 18.1. The van der Waals surface area contributed by atoms with Crippen LogP contribution in [0.1, 0.15) is 195 Å². The van der Waals surface area contributed by atoms with Crippen LogP contribution in [0.5, 0.6) is 0 Å². The molecule has 21 nitrogen and oxygen atoms in total. The number of fused-ring (bicyclic) bond motifs is 3. The first-order valence-corrected chi connectivity index (χ1v) is 29.7. The molecular formula is C57H92N6O15. The highest BCUT2D eigenvalue weighted by molar-refractivity contribution is 5.90. The summed E-state index contributed by atoms with van der Waals surface area (Å²) in [5.74, 6) is -4.12. The maximum absolute atomic E-state index is 13.2. The maximum Gasteiger partial charge on any atom is 0.326 e. The summed E-state index contributed by atoms with van der Waals surface area (Å²) in [6.07, 6.45) is 22.1. The van der Waals surface area contributed by atoms with E-state index in [2.05, 4.69) is 22.9 Å². The lowest BCUT2D eigenvalue weighted by Crippen LogP contribution is -2.55. The topological polar surface area (TPSA) is 310 Å². The van der Waals surface area contributed by atoms with E-state index in [4.69, 9.17) is 4.74 Å². The summed E-state index contributed by atoms with van der Waals surface area (Å²) in [7, 11) is 0. The standard InChI is InChI=1S/C20H32N2O5.C19H32N2O5.C18H28N2O5/c1-3-27-20(26)15(10-13-8-9-13)21-12(2)18(23)22-16-7-5-4-6-14(16)11-17(22)19(24)25;1-3-4-5-9-14(18(23)24)20-12(2)17(22)21-15-10-7-6-8-13(15)11-16(21)19(25)26;1-10(19-13(17(22)23)8-11-6-7-11)16(21)20-14-5-3-2-4-12(14)9-15(20)18(24)25/h12-17,21H,3-11H2,1-2H3,(H,24,25);12-16,20H,3-11H2,1-2H3,(H,23,24)(H,25,26);10-15,19H,2-9H2,1H3,(H,22,23)(H,24,25)/t12-,14-,15-,16-,17-;12-,13-,14-,15-,16-;10-,12-,13-,14-,15-/m000/s1. The van der Waals surface area contributed by atoms with Gasteiger partial charge in [-0.2, -0.15) is 0 Å². The fourth-order valence-electron chi connectivity index (χ4n) is 13.7. The lowest BCUT2D eigenvalue weighted by atomic mass is 9.84. The Morgan fingerprint density at radius 3 is 1.12 bits per heavy atom. The van der Waals surface area contributed by atoms with Crippen LogP contribution in [0.3, 0.4) is 0 Å². The number of hydrogen-bond acceptors (Lipinski definition) is 13. The van der Waals surface area contributed by atoms with Gasteiger partial charge in [0.25, 0.3) is 0 Å². The SMILES string of the molecule is CCCCC[C@H](N[C@@H](C)C(=O)N1[C@H](C(=O)O)C[C@@H]2CCCC[C@@H]21)C(=O)O.CCOC(=O)[C@H](CC1CC1)N[C@@H](C)C(=O)N1[C@H](C(=O)O)C[C@@H]2CCCC[C@@H]21.C[C@H](N[C@@H](CC1CC1)C(=O)O)C(=O)N1[C@H](C(=O)O)C[C@@H]2CCCC[C@@H]21. The Bertz CT molecular complexity index is 2100. The minimum absolute atomic E-state index is 0.0149. The van der Waals surface area contributed by atoms with Crippen molar-refractivity contribution in [1.82, 2.24) is 30.7 Å². The quantitative estimate of drug-likeness (QED) is 0.0428. The molecule has 3 amide bonds. The van der Waals surface area contributed by atoms with E-state index in [0.29, 0.717) is 57.0 Å². The van der Waals surface area contributed by atoms with Crippen LogP contribution < -0.4 is 16.0 Å². The highest BCUT2D eigenvalue weighted by Gasteiger charge is 2.51. The summed E-state index contributed by atoms with van der Waals surface area (Å²) in [5.41, 5.74) is 0. The van der Waals surface area contributed by atoms with Gasteiger partial charge in [0.05, 0.1) is 24.7 Å². The van der Waals surface area contributed by atoms with Crippen LogP contribution in [0.2, 0.25) is 0 Å². The molecular weight excluding hydrogens is 1010 g/mol. The molecule has 3 aliphatic heterocycles. The number of carboxylic acids is 5. The minimum Gasteiger partial charge on any atom is -0.480 e. The number of carbonyl (C=O) groups is 9. The number of likely N-dealkylation sites (tertiary alicyclic amines) is 3. The molecule has 0 aromatic carbocycles. The van der Waals surface area contributed by atoms with Crippen LogP contribution >= 0.6 is 0 Å². The summed E-state index contributed by atoms with van der Waals surface area (Å²) in [5, 5.41) is 56.6. The summed E-state index contributed by atoms with van der Waals surface area (Å²) < 4.78 is 5.16. The first-order chi connectivity index (χ1) is 37.2. The fraction of sp³-hybridized carbons (Fsp3) is 0.842. The molecule has 0 unspecified atom stereocenters. The monoisotopic (exact) mass is 1100 g/mol. The molecule has 8 aliphatic rings. The van der Waals surface area contributed by atoms with E-state index in [0.717, 1.165) is 122 Å². The number of nitrogens with zero attached hydrogens (tertiary/aromatic N) is 3. The van der Waals surface area contributed by atoms with Crippen molar-refractivity contribution in [2.45, 2.75) is 268 Å². The molecule has 0 radical (unpaired) electrons. The first kappa shape index (κ1) is 62.3. The van der Waals surface area contributed by atoms with Crippen LogP contribution in [0, 0.1) is 29.6 Å². The number of esters is 1. The number of rotatable bonds is 24. The Kier molecular flexibility index (Phi) is 23.2. The summed E-state index contributed by atoms with van der Waals surface area (Å²) in [6, 6.07) is -6.40. The van der Waals surface area contributed by atoms with Gasteiger partial charge in [0, 0.05) is 18.1 Å². The van der Waals surface area contributed by atoms with Crippen LogP contribution in [-0.4, -0.2) is 173 Å². The van der Waals surface area contributed by atoms with Gasteiger partial charge >= 0.3 is 35.8 Å². The number of nitrogens with one attached hydrogen (secondary N) is 3. The van der Waals surface area contributed by atoms with Gasteiger partial charge in [-0.05, 0) is 134 Å². The average molecular weight is 1100 g/mol. The lowest BCUT2D eigenvalue weighted by Gasteiger charge is -2.35. The number of carboxylic acid groups (broad SMARTS) is 5. The lowest BCUT2D eigenvalue weighted by molar-refractivity contribution is -0.152. The Balaban J connectivity index is 0.000000189. The van der Waals surface area contributed by atoms with Crippen LogP contribution in [0.25, 0.3) is 0 Å². The summed E-state index contributed by atoms with van der Waals surface area (Å²) in [4.78, 5) is 114. The second-order valence-electron chi connectivity index (χ2n) is 23.9. The molecule has 440 valence electrons. The molecule has 8 N–H and O–H groups in total. The van der Waals surface area contributed by atoms with Crippen molar-refractivity contribution < 1.29 is 73.4 Å². The van der Waals surface area contributed by atoms with Gasteiger partial charge in [0.15, 0.2) is 0 Å². The van der Waals surface area contributed by atoms with Gasteiger partial charge in [-0.3, -0.25) is 44.7 Å². The van der Waals surface area contributed by atoms with Gasteiger partial charge in [-0.1, -0.05) is 90.4 Å². The molecule has 0 bridgehead atoms. The van der Waals surface area contributed by atoms with Crippen molar-refractivity contribution >= 4 is 53.5 Å². The van der Waals surface area contributed by atoms with Crippen molar-refractivity contribution in [3.8, 4) is 0 Å². The average Bonchev–Trinajstić information content (AvgIpc) is 4.30. The maximum atomic E-state index is 13.2. The summed E-state index contributed by atoms with van der Waals surface area (Å²) in [6.45, 7) is 9.16. The smallest absolute Gasteiger partial charge is 0.326 e. The third-order valence-corrected chi connectivity index (χ3v) is 18.1. The van der Waals surface area contributed by atoms with Gasteiger partial charge in [-0.25, -0.2) is 14.4 Å². The number of unbranched alkanes of at least 4 members (excludes halogenated alkanes) is 2. The Labute approximate surface area is 460 Å². The molecule has 8 rings (SSSR count). The Morgan fingerprint density at radius 2 is 0.795 bits per heavy atom. The fourth-order valence-corrected chi connectivity index (χ4v) is 13.7. The van der Waals surface area contributed by atoms with Gasteiger partial charge in [0.1, 0.15) is 36.3 Å². The zero-order chi connectivity index (χ0) is 57.0. The van der Waals surface area contributed by atoms with E-state index in [-0.39, 0.29) is 59.6 Å². The number of carbonyl (C=O) groups excluding carboxylic acids is 4. The molecule has 78 heavy (non-hydrogen) atoms. The zero-order valence-electron chi connectivity index (χ0n) is 46.9. The minimum atomic E-state index is -0.965. The molecule has 5 saturated carbocycles. The predicted octanol–water partition coefficient (Wildman–Crippen LogP) is 5.65. The second-order valence-corrected chi connectivity index (χ2v) is 23.9. The van der Waals surface area contributed by atoms with E-state index < -0.39 is 84.2 Å². The molecule has 0 spiro atoms. The highest BCUT2D eigenvalue weighted by atomic mass is 16.5. The number of hydrogen-bond donors (Lipinski definition) is 8. The molecule has 5 aliphatic carbocycles. The molecule has 15 atom stereocenters. The van der Waals surface area contributed by atoms with Crippen molar-refractivity contribution in [1.29, 1.82) is 0 Å². The van der Waals surface area contributed by atoms with Crippen molar-refractivity contribution in [2.75, 3.05) is 6.61 Å². The van der Waals surface area contributed by atoms with E-state index in [9.17, 15) is 68.7 Å². The van der Waals surface area contributed by atoms with E-state index in [1.807, 2.05) is 0 Å². The molecule has 21 heteroatoms. The highest BCUT2D eigenvalue weighted by Crippen LogP contribution is 2.43. The largest absolute Gasteiger partial charge is 0.480 e. The molecule has 0 aromatic rings. The number of amides is 3. The van der Waals surface area contributed by atoms with Crippen LogP contribution in [0.15, 0.2) is 0 Å². The number of ether oxygens (including phenoxy) is 1. The number of aliphatic carboxylic acids is 5. The van der Waals surface area contributed by atoms with Crippen LogP contribution in [-0.2, 0) is 47.9 Å². The van der Waals surface area contributed by atoms with Crippen molar-refractivity contribution in [3.05, 3.63) is 0 Å². The third kappa shape index (κ3) is 16.4. The van der Waals surface area contributed by atoms with E-state index in [1.54, 1.807) is 37.5 Å². The van der Waals surface area contributed by atoms with Gasteiger partial charge in [0.2, 0.25) is 17.7 Å². The van der Waals surface area contributed by atoms with E-state index >= 15 is 0 Å². The van der Waals surface area contributed by atoms with Gasteiger partial charge in [-0.15, -0.1) is 0 Å². The van der Waals surface area contributed by atoms with Crippen LogP contribution in [0.4, 0.5) is 0 Å². The molecule has 0 aromatic heterocycles. The predicted molar refractivity (Wildman–Crippen MR) is 286 cm³/mol. The Morgan fingerprint density at radius 1 is 0.462 bits per heavy atom. The molecule has 3 heterocycles. The molecule has 8 fully saturated rings. The van der Waals surface area contributed by atoms with Crippen molar-refractivity contribution in [2.24, 2.45) is 29.6 Å². The van der Waals surface area contributed by atoms with E-state index in [1.165, 1.54) is 4.90 Å². The normalized spacial score (nSPS) is 29.5. The first-order valence-electron chi connectivity index (χ1n) is 29.7. The van der Waals surface area contributed by atoms with Crippen molar-refractivity contribution in [3.63, 3.8) is 0 Å². The Hall–Kier alpha value is -4.89. The van der Waals surface area contributed by atoms with Gasteiger partial charge < -0.3 is 45.0 Å². The summed E-state index contributed by atoms with van der Waals surface area (Å²) >= 11 is 0. The second kappa shape index (κ2) is 29.0. The molecule has 3 saturated heterocycles.